The molecule has 1 aliphatic heterocycles. The third kappa shape index (κ3) is 4.59. The molecule has 5 nitrogen and oxygen atoms in total. The molecule has 1 saturated heterocycles. The molecule has 3 rings (SSSR count). The fraction of sp³-hybridized carbons (Fsp3) is 0.632. The monoisotopic (exact) mass is 400 g/mol. The summed E-state index contributed by atoms with van der Waals surface area (Å²) in [6.45, 7) is 3.29. The van der Waals surface area contributed by atoms with Gasteiger partial charge in [0.1, 0.15) is 0 Å². The fourth-order valence-electron chi connectivity index (χ4n) is 4.03. The van der Waals surface area contributed by atoms with Crippen molar-refractivity contribution in [2.24, 2.45) is 11.7 Å². The molecule has 146 valence electrons. The molecule has 0 aromatic heterocycles. The maximum absolute atomic E-state index is 12.6. The van der Waals surface area contributed by atoms with Gasteiger partial charge in [0.25, 0.3) is 0 Å². The van der Waals surface area contributed by atoms with Crippen LogP contribution in [0.2, 0.25) is 0 Å². The minimum absolute atomic E-state index is 0. The molecule has 2 atom stereocenters. The van der Waals surface area contributed by atoms with Gasteiger partial charge in [0.05, 0.1) is 10.6 Å². The number of halogens is 1. The Morgan fingerprint density at radius 1 is 1.27 bits per heavy atom. The number of hydrogen-bond donors (Lipinski definition) is 1. The number of hydrogen-bond acceptors (Lipinski definition) is 4. The summed E-state index contributed by atoms with van der Waals surface area (Å²) in [5.41, 5.74) is 8.20. The number of nitrogens with two attached hydrogens (primary N) is 1. The predicted molar refractivity (Wildman–Crippen MR) is 105 cm³/mol. The number of sulfone groups is 1. The molecule has 1 aromatic carbocycles. The Morgan fingerprint density at radius 2 is 2.00 bits per heavy atom. The van der Waals surface area contributed by atoms with E-state index in [0.29, 0.717) is 23.9 Å². The maximum atomic E-state index is 12.6. The van der Waals surface area contributed by atoms with E-state index < -0.39 is 9.84 Å². The lowest BCUT2D eigenvalue weighted by Gasteiger charge is -2.38. The van der Waals surface area contributed by atoms with Gasteiger partial charge in [-0.05, 0) is 61.3 Å². The molecule has 0 spiro atoms. The highest BCUT2D eigenvalue weighted by molar-refractivity contribution is 7.91. The zero-order chi connectivity index (χ0) is 18.0. The molecule has 1 aromatic rings. The van der Waals surface area contributed by atoms with Crippen molar-refractivity contribution < 1.29 is 13.2 Å². The third-order valence-electron chi connectivity index (χ3n) is 5.58. The molecule has 1 fully saturated rings. The van der Waals surface area contributed by atoms with Crippen LogP contribution in [0, 0.1) is 5.92 Å². The van der Waals surface area contributed by atoms with Gasteiger partial charge >= 0.3 is 0 Å². The van der Waals surface area contributed by atoms with E-state index in [4.69, 9.17) is 5.73 Å². The summed E-state index contributed by atoms with van der Waals surface area (Å²) in [5, 5.41) is 0. The molecule has 1 heterocycles. The lowest BCUT2D eigenvalue weighted by molar-refractivity contribution is -0.134. The molecule has 0 saturated carbocycles. The molecule has 1 aliphatic carbocycles. The van der Waals surface area contributed by atoms with Crippen molar-refractivity contribution in [2.75, 3.05) is 18.8 Å². The summed E-state index contributed by atoms with van der Waals surface area (Å²) in [7, 11) is -3.43. The molecule has 2 unspecified atom stereocenters. The minimum Gasteiger partial charge on any atom is -0.338 e. The second kappa shape index (κ2) is 8.72. The summed E-state index contributed by atoms with van der Waals surface area (Å²) in [6.07, 6.45) is 4.96. The van der Waals surface area contributed by atoms with Crippen LogP contribution >= 0.6 is 12.4 Å². The molecule has 1 amide bonds. The Bertz CT molecular complexity index is 751. The van der Waals surface area contributed by atoms with Crippen molar-refractivity contribution in [2.45, 2.75) is 56.4 Å². The van der Waals surface area contributed by atoms with Gasteiger partial charge in [-0.1, -0.05) is 13.0 Å². The van der Waals surface area contributed by atoms with E-state index >= 15 is 0 Å². The van der Waals surface area contributed by atoms with Crippen LogP contribution in [-0.2, 0) is 27.5 Å². The number of aryl methyl sites for hydroxylation is 2. The van der Waals surface area contributed by atoms with Gasteiger partial charge < -0.3 is 10.6 Å². The van der Waals surface area contributed by atoms with Gasteiger partial charge in [-0.25, -0.2) is 8.42 Å². The number of fused-ring (bicyclic) bond motifs is 1. The first-order valence-electron chi connectivity index (χ1n) is 9.25. The summed E-state index contributed by atoms with van der Waals surface area (Å²) in [5.74, 6) is 0.341. The number of rotatable bonds is 5. The summed E-state index contributed by atoms with van der Waals surface area (Å²) < 4.78 is 25.3. The van der Waals surface area contributed by atoms with Crippen LogP contribution in [0.4, 0.5) is 0 Å². The Hall–Kier alpha value is -1.11. The first kappa shape index (κ1) is 21.2. The van der Waals surface area contributed by atoms with Crippen molar-refractivity contribution in [3.63, 3.8) is 0 Å². The largest absolute Gasteiger partial charge is 0.338 e. The highest BCUT2D eigenvalue weighted by Gasteiger charge is 2.29. The normalized spacial score (nSPS) is 22.6. The standard InChI is InChI=1S/C19H28N2O3S.ClH/c1-14-7-9-21(17(11-14)13-20)19(22)8-10-25(23,24)18-6-5-15-3-2-4-16(15)12-18;/h5-6,12,14,17H,2-4,7-11,13,20H2,1H3;1H. The van der Waals surface area contributed by atoms with Crippen molar-refractivity contribution in [1.82, 2.24) is 4.90 Å². The van der Waals surface area contributed by atoms with Crippen LogP contribution < -0.4 is 5.73 Å². The highest BCUT2D eigenvalue weighted by atomic mass is 35.5. The first-order chi connectivity index (χ1) is 11.9. The summed E-state index contributed by atoms with van der Waals surface area (Å²) in [4.78, 5) is 14.7. The van der Waals surface area contributed by atoms with Crippen LogP contribution in [0.5, 0.6) is 0 Å². The van der Waals surface area contributed by atoms with Gasteiger partial charge in [-0.15, -0.1) is 12.4 Å². The van der Waals surface area contributed by atoms with Crippen LogP contribution in [0.3, 0.4) is 0 Å². The van der Waals surface area contributed by atoms with E-state index in [9.17, 15) is 13.2 Å². The quantitative estimate of drug-likeness (QED) is 0.822. The zero-order valence-electron chi connectivity index (χ0n) is 15.3. The second-order valence-electron chi connectivity index (χ2n) is 7.46. The number of likely N-dealkylation sites (tertiary alicyclic amines) is 1. The van der Waals surface area contributed by atoms with E-state index in [1.54, 1.807) is 17.0 Å². The van der Waals surface area contributed by atoms with Crippen molar-refractivity contribution in [1.29, 1.82) is 0 Å². The van der Waals surface area contributed by atoms with Gasteiger partial charge in [0.2, 0.25) is 5.91 Å². The van der Waals surface area contributed by atoms with Crippen molar-refractivity contribution >= 4 is 28.2 Å². The molecule has 7 heteroatoms. The molecular weight excluding hydrogens is 372 g/mol. The molecule has 2 N–H and O–H groups in total. The lowest BCUT2D eigenvalue weighted by Crippen LogP contribution is -2.49. The number of nitrogens with zero attached hydrogens (tertiary/aromatic N) is 1. The maximum Gasteiger partial charge on any atom is 0.223 e. The Morgan fingerprint density at radius 3 is 2.73 bits per heavy atom. The van der Waals surface area contributed by atoms with Gasteiger partial charge in [-0.3, -0.25) is 4.79 Å². The van der Waals surface area contributed by atoms with E-state index in [1.165, 1.54) is 5.56 Å². The number of piperidine rings is 1. The number of benzene rings is 1. The first-order valence-corrected chi connectivity index (χ1v) is 10.9. The predicted octanol–water partition coefficient (Wildman–Crippen LogP) is 2.35. The van der Waals surface area contributed by atoms with Crippen LogP contribution in [0.1, 0.15) is 43.7 Å². The van der Waals surface area contributed by atoms with Crippen LogP contribution in [-0.4, -0.2) is 44.1 Å². The highest BCUT2D eigenvalue weighted by Crippen LogP contribution is 2.26. The summed E-state index contributed by atoms with van der Waals surface area (Å²) in [6, 6.07) is 5.45. The Balaban J connectivity index is 0.00000243. The Kier molecular flexibility index (Phi) is 7.11. The van der Waals surface area contributed by atoms with Crippen molar-refractivity contribution in [3.8, 4) is 0 Å². The number of carbonyl (C=O) groups is 1. The van der Waals surface area contributed by atoms with Crippen LogP contribution in [0.25, 0.3) is 0 Å². The van der Waals surface area contributed by atoms with Crippen molar-refractivity contribution in [3.05, 3.63) is 29.3 Å². The summed E-state index contributed by atoms with van der Waals surface area (Å²) >= 11 is 0. The average Bonchev–Trinajstić information content (AvgIpc) is 3.07. The van der Waals surface area contributed by atoms with Crippen LogP contribution in [0.15, 0.2) is 23.1 Å². The average molecular weight is 401 g/mol. The molecule has 2 aliphatic rings. The van der Waals surface area contributed by atoms with Gasteiger partial charge in [0, 0.05) is 25.6 Å². The van der Waals surface area contributed by atoms with E-state index in [-0.39, 0.29) is 36.5 Å². The van der Waals surface area contributed by atoms with Gasteiger partial charge in [0.15, 0.2) is 9.84 Å². The Labute approximate surface area is 162 Å². The van der Waals surface area contributed by atoms with E-state index in [0.717, 1.165) is 37.7 Å². The molecular formula is C19H29ClN2O3S. The molecule has 0 radical (unpaired) electrons. The van der Waals surface area contributed by atoms with E-state index in [2.05, 4.69) is 6.92 Å². The smallest absolute Gasteiger partial charge is 0.223 e. The number of carbonyl (C=O) groups excluding carboxylic acids is 1. The SMILES string of the molecule is CC1CCN(C(=O)CCS(=O)(=O)c2ccc3c(c2)CCC3)C(CN)C1.Cl. The third-order valence-corrected chi connectivity index (χ3v) is 7.30. The van der Waals surface area contributed by atoms with E-state index in [1.807, 2.05) is 6.07 Å². The van der Waals surface area contributed by atoms with Gasteiger partial charge in [-0.2, -0.15) is 0 Å². The topological polar surface area (TPSA) is 80.5 Å². The minimum atomic E-state index is -3.43. The lowest BCUT2D eigenvalue weighted by atomic mass is 9.92. The molecule has 0 bridgehead atoms. The fourth-order valence-corrected chi connectivity index (χ4v) is 5.30. The second-order valence-corrected chi connectivity index (χ2v) is 9.57. The molecule has 26 heavy (non-hydrogen) atoms. The number of amides is 1. The zero-order valence-corrected chi connectivity index (χ0v) is 16.9.